The highest BCUT2D eigenvalue weighted by atomic mass is 16.5. The van der Waals surface area contributed by atoms with Gasteiger partial charge >= 0.3 is 0 Å². The lowest BCUT2D eigenvalue weighted by molar-refractivity contribution is -0.141. The second-order valence-corrected chi connectivity index (χ2v) is 9.47. The lowest BCUT2D eigenvalue weighted by Gasteiger charge is -2.42. The Hall–Kier alpha value is -1.76. The third kappa shape index (κ3) is 2.81. The van der Waals surface area contributed by atoms with Crippen molar-refractivity contribution in [2.75, 3.05) is 19.6 Å². The molecule has 1 amide bonds. The molecule has 2 saturated heterocycles. The average molecular weight is 383 g/mol. The highest BCUT2D eigenvalue weighted by molar-refractivity contribution is 5.97. The third-order valence-corrected chi connectivity index (χ3v) is 7.87. The molecular weight excluding hydrogens is 354 g/mol. The first-order valence-electron chi connectivity index (χ1n) is 10.6. The minimum absolute atomic E-state index is 0.0529. The summed E-state index contributed by atoms with van der Waals surface area (Å²) in [6.07, 6.45) is 5.77. The van der Waals surface area contributed by atoms with Crippen molar-refractivity contribution in [3.63, 3.8) is 0 Å². The molecule has 4 aliphatic rings. The fourth-order valence-corrected chi connectivity index (χ4v) is 6.12. The molecule has 5 rings (SSSR count). The van der Waals surface area contributed by atoms with Gasteiger partial charge in [-0.05, 0) is 73.6 Å². The van der Waals surface area contributed by atoms with E-state index in [2.05, 4.69) is 28.8 Å². The van der Waals surface area contributed by atoms with Crippen molar-refractivity contribution in [3.05, 3.63) is 35.4 Å². The first-order valence-corrected chi connectivity index (χ1v) is 10.6. The van der Waals surface area contributed by atoms with Crippen molar-refractivity contribution in [2.24, 2.45) is 16.7 Å². The van der Waals surface area contributed by atoms with Gasteiger partial charge in [0.1, 0.15) is 0 Å². The Labute approximate surface area is 165 Å². The molecule has 3 atom stereocenters. The van der Waals surface area contributed by atoms with Gasteiger partial charge in [0.25, 0.3) is 0 Å². The number of ketones is 1. The van der Waals surface area contributed by atoms with E-state index >= 15 is 0 Å². The predicted molar refractivity (Wildman–Crippen MR) is 104 cm³/mol. The number of Topliss-reactive ketones (excluding diaryl/α,β-unsaturated/α-hetero) is 1. The Kier molecular flexibility index (Phi) is 4.34. The lowest BCUT2D eigenvalue weighted by Crippen LogP contribution is -2.57. The number of hydrogen-bond donors (Lipinski definition) is 4. The Morgan fingerprint density at radius 1 is 1.11 bits per heavy atom. The van der Waals surface area contributed by atoms with Crippen LogP contribution in [0.4, 0.5) is 0 Å². The second kappa shape index (κ2) is 6.65. The number of carbonyl (C=O) groups excluding carboxylic acids is 2. The van der Waals surface area contributed by atoms with Gasteiger partial charge in [0, 0.05) is 6.54 Å². The van der Waals surface area contributed by atoms with Crippen LogP contribution in [0.25, 0.3) is 0 Å². The average Bonchev–Trinajstić information content (AvgIpc) is 3.39. The second-order valence-electron chi connectivity index (χ2n) is 9.47. The van der Waals surface area contributed by atoms with E-state index in [4.69, 9.17) is 0 Å². The molecule has 3 fully saturated rings. The van der Waals surface area contributed by atoms with E-state index in [1.54, 1.807) is 0 Å². The molecule has 0 radical (unpaired) electrons. The van der Waals surface area contributed by atoms with Crippen LogP contribution < -0.4 is 16.1 Å². The summed E-state index contributed by atoms with van der Waals surface area (Å²) in [5, 5.41) is 16.2. The minimum atomic E-state index is -0.527. The Morgan fingerprint density at radius 2 is 1.86 bits per heavy atom. The van der Waals surface area contributed by atoms with Crippen molar-refractivity contribution in [2.45, 2.75) is 50.5 Å². The number of fused-ring (bicyclic) bond motifs is 1. The summed E-state index contributed by atoms with van der Waals surface area (Å²) < 4.78 is 0. The summed E-state index contributed by atoms with van der Waals surface area (Å²) in [4.78, 5) is 26.4. The zero-order chi connectivity index (χ0) is 19.4. The number of benzene rings is 1. The molecule has 6 heteroatoms. The molecule has 1 aromatic rings. The zero-order valence-electron chi connectivity index (χ0n) is 16.2. The largest absolute Gasteiger partial charge is 0.317 e. The molecule has 1 saturated carbocycles. The van der Waals surface area contributed by atoms with E-state index in [1.807, 2.05) is 11.5 Å². The SMILES string of the molecule is O=C(NO)C1CC2(CC2)CNC1C(=O)C1c2ccccc2CC12CCNCC2. The first kappa shape index (κ1) is 18.3. The van der Waals surface area contributed by atoms with Gasteiger partial charge in [-0.1, -0.05) is 24.3 Å². The van der Waals surface area contributed by atoms with E-state index in [0.717, 1.165) is 57.3 Å². The topological polar surface area (TPSA) is 90.5 Å². The maximum absolute atomic E-state index is 14.0. The van der Waals surface area contributed by atoms with E-state index < -0.39 is 17.9 Å². The minimum Gasteiger partial charge on any atom is -0.317 e. The first-order chi connectivity index (χ1) is 13.6. The zero-order valence-corrected chi connectivity index (χ0v) is 16.2. The van der Waals surface area contributed by atoms with Crippen LogP contribution in [-0.4, -0.2) is 42.6 Å². The van der Waals surface area contributed by atoms with E-state index in [1.165, 1.54) is 5.56 Å². The molecule has 4 N–H and O–H groups in total. The van der Waals surface area contributed by atoms with Crippen molar-refractivity contribution in [1.82, 2.24) is 16.1 Å². The lowest BCUT2D eigenvalue weighted by atomic mass is 9.65. The number of hydrogen-bond acceptors (Lipinski definition) is 5. The molecule has 150 valence electrons. The molecule has 2 aliphatic carbocycles. The smallest absolute Gasteiger partial charge is 0.248 e. The maximum atomic E-state index is 14.0. The molecule has 6 nitrogen and oxygen atoms in total. The van der Waals surface area contributed by atoms with E-state index in [-0.39, 0.29) is 22.5 Å². The summed E-state index contributed by atoms with van der Waals surface area (Å²) >= 11 is 0. The van der Waals surface area contributed by atoms with Crippen LogP contribution in [0.2, 0.25) is 0 Å². The van der Waals surface area contributed by atoms with E-state index in [9.17, 15) is 14.8 Å². The van der Waals surface area contributed by atoms with Gasteiger partial charge in [-0.3, -0.25) is 14.8 Å². The summed E-state index contributed by atoms with van der Waals surface area (Å²) in [5.74, 6) is -0.968. The Balaban J connectivity index is 1.50. The number of rotatable bonds is 3. The fraction of sp³-hybridized carbons (Fsp3) is 0.636. The van der Waals surface area contributed by atoms with E-state index in [0.29, 0.717) is 6.42 Å². The van der Waals surface area contributed by atoms with Crippen LogP contribution in [0.5, 0.6) is 0 Å². The van der Waals surface area contributed by atoms with Crippen molar-refractivity contribution in [3.8, 4) is 0 Å². The standard InChI is InChI=1S/C22H29N3O3/c26-19(18-16(20(27)25-28)12-21(5-6-21)13-24-18)17-15-4-2-1-3-14(15)11-22(17)7-9-23-10-8-22/h1-4,16-18,23-24,28H,5-13H2,(H,25,27). The van der Waals surface area contributed by atoms with Gasteiger partial charge in [-0.15, -0.1) is 0 Å². The number of amides is 1. The van der Waals surface area contributed by atoms with Crippen LogP contribution in [0.15, 0.2) is 24.3 Å². The monoisotopic (exact) mass is 383 g/mol. The normalized spacial score (nSPS) is 32.1. The Bertz CT molecular complexity index is 798. The molecule has 2 heterocycles. The third-order valence-electron chi connectivity index (χ3n) is 7.87. The molecule has 1 aromatic carbocycles. The van der Waals surface area contributed by atoms with Gasteiger partial charge in [-0.2, -0.15) is 0 Å². The summed E-state index contributed by atoms with van der Waals surface area (Å²) in [6, 6.07) is 7.79. The van der Waals surface area contributed by atoms with Crippen molar-refractivity contribution in [1.29, 1.82) is 0 Å². The Morgan fingerprint density at radius 3 is 2.57 bits per heavy atom. The fourth-order valence-electron chi connectivity index (χ4n) is 6.12. The summed E-state index contributed by atoms with van der Waals surface area (Å²) in [6.45, 7) is 2.65. The summed E-state index contributed by atoms with van der Waals surface area (Å²) in [7, 11) is 0. The van der Waals surface area contributed by atoms with Crippen molar-refractivity contribution < 1.29 is 14.8 Å². The molecule has 0 aromatic heterocycles. The molecule has 0 bridgehead atoms. The van der Waals surface area contributed by atoms with Gasteiger partial charge in [0.05, 0.1) is 17.9 Å². The van der Waals surface area contributed by atoms with Crippen LogP contribution in [-0.2, 0) is 16.0 Å². The predicted octanol–water partition coefficient (Wildman–Crippen LogP) is 1.53. The van der Waals surface area contributed by atoms with Crippen LogP contribution in [0.3, 0.4) is 0 Å². The molecule has 2 spiro atoms. The van der Waals surface area contributed by atoms with Gasteiger partial charge in [-0.25, -0.2) is 5.48 Å². The number of piperidine rings is 2. The van der Waals surface area contributed by atoms with Crippen LogP contribution in [0.1, 0.15) is 49.1 Å². The molecule has 3 unspecified atom stereocenters. The molecule has 2 aliphatic heterocycles. The maximum Gasteiger partial charge on any atom is 0.248 e. The van der Waals surface area contributed by atoms with Gasteiger partial charge in [0.15, 0.2) is 5.78 Å². The molecule has 28 heavy (non-hydrogen) atoms. The van der Waals surface area contributed by atoms with Gasteiger partial charge in [0.2, 0.25) is 5.91 Å². The number of hydroxylamine groups is 1. The molecular formula is C22H29N3O3. The highest BCUT2D eigenvalue weighted by Gasteiger charge is 2.56. The number of carbonyl (C=O) groups is 2. The van der Waals surface area contributed by atoms with Gasteiger partial charge < -0.3 is 10.6 Å². The van der Waals surface area contributed by atoms with Crippen molar-refractivity contribution >= 4 is 11.7 Å². The quantitative estimate of drug-likeness (QED) is 0.469. The van der Waals surface area contributed by atoms with Crippen LogP contribution in [0, 0.1) is 16.7 Å². The van der Waals surface area contributed by atoms with Crippen LogP contribution >= 0.6 is 0 Å². The number of nitrogens with one attached hydrogen (secondary N) is 3. The highest BCUT2D eigenvalue weighted by Crippen LogP contribution is 2.56. The summed E-state index contributed by atoms with van der Waals surface area (Å²) in [5.41, 5.74) is 4.34.